The number of aryl methyl sites for hydroxylation is 1. The van der Waals surface area contributed by atoms with Gasteiger partial charge in [-0.2, -0.15) is 13.2 Å². The van der Waals surface area contributed by atoms with E-state index in [-0.39, 0.29) is 22.8 Å². The number of hydrogen-bond acceptors (Lipinski definition) is 4. The van der Waals surface area contributed by atoms with E-state index in [0.717, 1.165) is 18.3 Å². The van der Waals surface area contributed by atoms with Gasteiger partial charge in [-0.05, 0) is 25.1 Å². The Kier molecular flexibility index (Phi) is 3.84. The zero-order valence-electron chi connectivity index (χ0n) is 10.8. The third-order valence-electron chi connectivity index (χ3n) is 2.61. The SMILES string of the molecule is Cc1cc(O)c(C=Nc2cccc(C(F)(F)F)c2)c(=O)o1. The van der Waals surface area contributed by atoms with E-state index in [0.29, 0.717) is 0 Å². The summed E-state index contributed by atoms with van der Waals surface area (Å²) in [4.78, 5) is 15.3. The van der Waals surface area contributed by atoms with Gasteiger partial charge in [-0.15, -0.1) is 0 Å². The van der Waals surface area contributed by atoms with Crippen molar-refractivity contribution >= 4 is 11.9 Å². The van der Waals surface area contributed by atoms with Gasteiger partial charge in [-0.25, -0.2) is 4.79 Å². The average Bonchev–Trinajstić information content (AvgIpc) is 2.36. The van der Waals surface area contributed by atoms with Crippen molar-refractivity contribution in [2.45, 2.75) is 13.1 Å². The fraction of sp³-hybridized carbons (Fsp3) is 0.143. The molecule has 0 radical (unpaired) electrons. The van der Waals surface area contributed by atoms with Crippen molar-refractivity contribution in [1.82, 2.24) is 0 Å². The van der Waals surface area contributed by atoms with Crippen molar-refractivity contribution in [3.05, 3.63) is 57.6 Å². The van der Waals surface area contributed by atoms with Gasteiger partial charge in [-0.1, -0.05) is 6.07 Å². The van der Waals surface area contributed by atoms with Gasteiger partial charge < -0.3 is 9.52 Å². The number of halogens is 3. The minimum absolute atomic E-state index is 0.00389. The summed E-state index contributed by atoms with van der Waals surface area (Å²) >= 11 is 0. The van der Waals surface area contributed by atoms with E-state index in [1.54, 1.807) is 0 Å². The van der Waals surface area contributed by atoms with Crippen LogP contribution >= 0.6 is 0 Å². The molecule has 0 aliphatic rings. The molecule has 4 nitrogen and oxygen atoms in total. The molecule has 0 aliphatic heterocycles. The Bertz CT molecular complexity index is 748. The Hall–Kier alpha value is -2.57. The fourth-order valence-corrected chi connectivity index (χ4v) is 1.63. The molecular formula is C14H10F3NO3. The normalized spacial score (nSPS) is 12.0. The first-order chi connectivity index (χ1) is 9.77. The monoisotopic (exact) mass is 297 g/mol. The number of aliphatic imine (C=N–C) groups is 1. The quantitative estimate of drug-likeness (QED) is 0.864. The van der Waals surface area contributed by atoms with Crippen LogP contribution in [-0.2, 0) is 6.18 Å². The molecule has 0 saturated carbocycles. The molecule has 1 heterocycles. The van der Waals surface area contributed by atoms with Gasteiger partial charge in [0.05, 0.1) is 11.3 Å². The van der Waals surface area contributed by atoms with Crippen LogP contribution in [0.25, 0.3) is 0 Å². The lowest BCUT2D eigenvalue weighted by molar-refractivity contribution is -0.137. The zero-order chi connectivity index (χ0) is 15.6. The second kappa shape index (κ2) is 5.43. The maximum absolute atomic E-state index is 12.5. The molecule has 0 amide bonds. The summed E-state index contributed by atoms with van der Waals surface area (Å²) in [5.41, 5.74) is -1.89. The third-order valence-corrected chi connectivity index (χ3v) is 2.61. The van der Waals surface area contributed by atoms with Gasteiger partial charge in [0.1, 0.15) is 17.1 Å². The standard InChI is InChI=1S/C14H10F3NO3/c1-8-5-12(19)11(13(20)21-8)7-18-10-4-2-3-9(6-10)14(15,16)17/h2-7,19H,1H3. The summed E-state index contributed by atoms with van der Waals surface area (Å²) in [6.07, 6.45) is -3.51. The predicted octanol–water partition coefficient (Wildman–Crippen LogP) is 3.42. The van der Waals surface area contributed by atoms with Gasteiger partial charge in [0.15, 0.2) is 0 Å². The molecule has 0 aliphatic carbocycles. The lowest BCUT2D eigenvalue weighted by Crippen LogP contribution is -2.07. The summed E-state index contributed by atoms with van der Waals surface area (Å²) in [6, 6.07) is 5.51. The zero-order valence-corrected chi connectivity index (χ0v) is 10.8. The van der Waals surface area contributed by atoms with Crippen molar-refractivity contribution in [1.29, 1.82) is 0 Å². The van der Waals surface area contributed by atoms with E-state index in [1.807, 2.05) is 0 Å². The lowest BCUT2D eigenvalue weighted by atomic mass is 10.2. The van der Waals surface area contributed by atoms with Gasteiger partial charge in [0.25, 0.3) is 0 Å². The van der Waals surface area contributed by atoms with Crippen LogP contribution < -0.4 is 5.63 Å². The highest BCUT2D eigenvalue weighted by Gasteiger charge is 2.30. The van der Waals surface area contributed by atoms with E-state index in [9.17, 15) is 23.1 Å². The van der Waals surface area contributed by atoms with E-state index in [4.69, 9.17) is 4.42 Å². The van der Waals surface area contributed by atoms with Crippen molar-refractivity contribution in [2.24, 2.45) is 4.99 Å². The van der Waals surface area contributed by atoms with Gasteiger partial charge in [0, 0.05) is 12.3 Å². The number of aromatic hydroxyl groups is 1. The average molecular weight is 297 g/mol. The first-order valence-electron chi connectivity index (χ1n) is 5.82. The summed E-state index contributed by atoms with van der Waals surface area (Å²) in [5, 5.41) is 9.60. The van der Waals surface area contributed by atoms with E-state index in [2.05, 4.69) is 4.99 Å². The molecule has 0 saturated heterocycles. The molecule has 2 rings (SSSR count). The molecule has 21 heavy (non-hydrogen) atoms. The second-order valence-corrected chi connectivity index (χ2v) is 4.25. The Morgan fingerprint density at radius 1 is 1.29 bits per heavy atom. The smallest absolute Gasteiger partial charge is 0.416 e. The molecule has 1 aromatic carbocycles. The lowest BCUT2D eigenvalue weighted by Gasteiger charge is -2.06. The van der Waals surface area contributed by atoms with Crippen molar-refractivity contribution < 1.29 is 22.7 Å². The topological polar surface area (TPSA) is 62.8 Å². The van der Waals surface area contributed by atoms with Crippen LogP contribution in [0.3, 0.4) is 0 Å². The van der Waals surface area contributed by atoms with Crippen LogP contribution in [0.5, 0.6) is 5.75 Å². The number of benzene rings is 1. The molecule has 0 fully saturated rings. The van der Waals surface area contributed by atoms with Gasteiger partial charge in [-0.3, -0.25) is 4.99 Å². The van der Waals surface area contributed by atoms with Crippen LogP contribution in [0.4, 0.5) is 18.9 Å². The summed E-state index contributed by atoms with van der Waals surface area (Å²) < 4.78 is 42.4. The van der Waals surface area contributed by atoms with Crippen LogP contribution in [-0.4, -0.2) is 11.3 Å². The maximum Gasteiger partial charge on any atom is 0.416 e. The Labute approximate surface area is 117 Å². The summed E-state index contributed by atoms with van der Waals surface area (Å²) in [5.74, 6) is -0.131. The maximum atomic E-state index is 12.5. The number of alkyl halides is 3. The summed E-state index contributed by atoms with van der Waals surface area (Å²) in [7, 11) is 0. The predicted molar refractivity (Wildman–Crippen MR) is 70.1 cm³/mol. The van der Waals surface area contributed by atoms with E-state index >= 15 is 0 Å². The van der Waals surface area contributed by atoms with E-state index < -0.39 is 17.4 Å². The molecular weight excluding hydrogens is 287 g/mol. The van der Waals surface area contributed by atoms with Crippen molar-refractivity contribution in [3.8, 4) is 5.75 Å². The molecule has 110 valence electrons. The Balaban J connectivity index is 2.37. The molecule has 0 unspecified atom stereocenters. The highest BCUT2D eigenvalue weighted by Crippen LogP contribution is 2.31. The summed E-state index contributed by atoms with van der Waals surface area (Å²) in [6.45, 7) is 1.48. The minimum Gasteiger partial charge on any atom is -0.507 e. The molecule has 0 bridgehead atoms. The molecule has 1 N–H and O–H groups in total. The molecule has 1 aromatic heterocycles. The van der Waals surface area contributed by atoms with Crippen LogP contribution in [0.2, 0.25) is 0 Å². The van der Waals surface area contributed by atoms with Crippen LogP contribution in [0.1, 0.15) is 16.9 Å². The van der Waals surface area contributed by atoms with Gasteiger partial charge in [0.2, 0.25) is 0 Å². The molecule has 7 heteroatoms. The third kappa shape index (κ3) is 3.50. The minimum atomic E-state index is -4.48. The highest BCUT2D eigenvalue weighted by molar-refractivity contribution is 5.84. The number of nitrogens with zero attached hydrogens (tertiary/aromatic N) is 1. The first kappa shape index (κ1) is 14.8. The Morgan fingerprint density at radius 2 is 2.00 bits per heavy atom. The van der Waals surface area contributed by atoms with Crippen molar-refractivity contribution in [3.63, 3.8) is 0 Å². The van der Waals surface area contributed by atoms with Gasteiger partial charge >= 0.3 is 11.8 Å². The van der Waals surface area contributed by atoms with E-state index in [1.165, 1.54) is 25.1 Å². The molecule has 0 atom stereocenters. The largest absolute Gasteiger partial charge is 0.507 e. The highest BCUT2D eigenvalue weighted by atomic mass is 19.4. The second-order valence-electron chi connectivity index (χ2n) is 4.25. The Morgan fingerprint density at radius 3 is 2.62 bits per heavy atom. The van der Waals surface area contributed by atoms with Crippen LogP contribution in [0, 0.1) is 6.92 Å². The molecule has 0 spiro atoms. The fourth-order valence-electron chi connectivity index (χ4n) is 1.63. The van der Waals surface area contributed by atoms with Crippen molar-refractivity contribution in [2.75, 3.05) is 0 Å². The van der Waals surface area contributed by atoms with Crippen LogP contribution in [0.15, 0.2) is 44.5 Å². The number of rotatable bonds is 2. The number of hydrogen-bond donors (Lipinski definition) is 1. The molecule has 2 aromatic rings. The first-order valence-corrected chi connectivity index (χ1v) is 5.82.